The van der Waals surface area contributed by atoms with Crippen LogP contribution in [-0.2, 0) is 51.1 Å². The van der Waals surface area contributed by atoms with E-state index in [0.29, 0.717) is 38.8 Å². The Morgan fingerprint density at radius 1 is 0.578 bits per heavy atom. The Kier molecular flexibility index (Phi) is 17.3. The first-order valence-corrected chi connectivity index (χ1v) is 23.4. The zero-order valence-electron chi connectivity index (χ0n) is 38.5. The summed E-state index contributed by atoms with van der Waals surface area (Å²) in [7, 11) is 3.30. The van der Waals surface area contributed by atoms with E-state index in [4.69, 9.17) is 9.47 Å². The summed E-state index contributed by atoms with van der Waals surface area (Å²) in [6.07, 6.45) is 6.10. The maximum absolute atomic E-state index is 14.4. The highest BCUT2D eigenvalue weighted by Gasteiger charge is 2.43. The topological polar surface area (TPSA) is 200 Å². The fourth-order valence-electron chi connectivity index (χ4n) is 9.55. The normalized spacial score (nSPS) is 23.3. The quantitative estimate of drug-likeness (QED) is 0.114. The fraction of sp³-hybridized carbons (Fsp3) is 0.625. The van der Waals surface area contributed by atoms with Gasteiger partial charge in [0, 0.05) is 13.1 Å². The molecule has 6 rings (SSSR count). The van der Waals surface area contributed by atoms with Gasteiger partial charge in [0.1, 0.15) is 24.2 Å². The fourth-order valence-corrected chi connectivity index (χ4v) is 9.55. The van der Waals surface area contributed by atoms with Crippen molar-refractivity contribution in [3.8, 4) is 0 Å². The van der Waals surface area contributed by atoms with Crippen LogP contribution in [0.3, 0.4) is 0 Å². The number of carbonyl (C=O) groups is 6. The number of amides is 6. The van der Waals surface area contributed by atoms with Crippen LogP contribution >= 0.6 is 0 Å². The molecule has 2 saturated heterocycles. The molecule has 0 aromatic heterocycles. The number of nitrogens with zero attached hydrogens (tertiary/aromatic N) is 2. The molecule has 6 amide bonds. The molecule has 10 atom stereocenters. The van der Waals surface area contributed by atoms with Crippen LogP contribution < -0.4 is 31.9 Å². The van der Waals surface area contributed by atoms with Crippen LogP contribution in [0.5, 0.6) is 0 Å². The lowest BCUT2D eigenvalue weighted by molar-refractivity contribution is -0.147. The maximum Gasteiger partial charge on any atom is 0.248 e. The molecule has 0 saturated carbocycles. The summed E-state index contributed by atoms with van der Waals surface area (Å²) in [6.45, 7) is 7.45. The second-order valence-electron chi connectivity index (χ2n) is 17.8. The molecule has 2 fully saturated rings. The van der Waals surface area contributed by atoms with E-state index in [-0.39, 0.29) is 37.1 Å². The summed E-state index contributed by atoms with van der Waals surface area (Å²) < 4.78 is 12.3. The SMILES string of the molecule is CN[C@@H](C)C(=O)N[C@H](C(=O)N1CCC[C@H]1C(=O)NC1CCCc2ccccc21)[C@@H](C)OCCO[C@H](C)[C@H](NC(=O)[C@H](C)NC)C(=O)N1CCC[C@H]1C(=O)N[C@@H]1CCCc2ccccc21. The van der Waals surface area contributed by atoms with Crippen LogP contribution in [0, 0.1) is 0 Å². The molecule has 2 aromatic rings. The molecule has 16 heteroatoms. The molecule has 0 radical (unpaired) electrons. The van der Waals surface area contributed by atoms with Gasteiger partial charge in [-0.1, -0.05) is 48.5 Å². The Morgan fingerprint density at radius 2 is 0.969 bits per heavy atom. The Morgan fingerprint density at radius 3 is 1.36 bits per heavy atom. The Bertz CT molecular complexity index is 1830. The van der Waals surface area contributed by atoms with Gasteiger partial charge in [0.15, 0.2) is 0 Å². The number of likely N-dealkylation sites (N-methyl/N-ethyl adjacent to an activating group) is 2. The molecule has 2 aliphatic carbocycles. The van der Waals surface area contributed by atoms with E-state index in [1.54, 1.807) is 51.6 Å². The third-order valence-electron chi connectivity index (χ3n) is 13.6. The Labute approximate surface area is 378 Å². The third kappa shape index (κ3) is 11.7. The van der Waals surface area contributed by atoms with Crippen molar-refractivity contribution < 1.29 is 38.2 Å². The minimum atomic E-state index is -1.11. The lowest BCUT2D eigenvalue weighted by atomic mass is 9.87. The molecule has 6 N–H and O–H groups in total. The second kappa shape index (κ2) is 22.8. The van der Waals surface area contributed by atoms with E-state index in [2.05, 4.69) is 56.2 Å². The minimum absolute atomic E-state index is 0.0167. The number of likely N-dealkylation sites (tertiary alicyclic amines) is 2. The molecule has 350 valence electrons. The van der Waals surface area contributed by atoms with Gasteiger partial charge in [-0.25, -0.2) is 0 Å². The Balaban J connectivity index is 1.09. The van der Waals surface area contributed by atoms with Crippen molar-refractivity contribution in [2.45, 2.75) is 152 Å². The highest BCUT2D eigenvalue weighted by atomic mass is 16.5. The zero-order valence-corrected chi connectivity index (χ0v) is 38.5. The van der Waals surface area contributed by atoms with Gasteiger partial charge in [0.05, 0.1) is 49.6 Å². The second-order valence-corrected chi connectivity index (χ2v) is 17.8. The number of hydrogen-bond donors (Lipinski definition) is 6. The summed E-state index contributed by atoms with van der Waals surface area (Å²) in [5, 5.41) is 18.0. The van der Waals surface area contributed by atoms with Crippen LogP contribution in [0.25, 0.3) is 0 Å². The van der Waals surface area contributed by atoms with Crippen LogP contribution in [0.15, 0.2) is 48.5 Å². The smallest absolute Gasteiger partial charge is 0.248 e. The molecule has 2 heterocycles. The van der Waals surface area contributed by atoms with Crippen LogP contribution in [0.1, 0.15) is 113 Å². The lowest BCUT2D eigenvalue weighted by Gasteiger charge is -2.34. The number of hydrogen-bond acceptors (Lipinski definition) is 10. The minimum Gasteiger partial charge on any atom is -0.373 e. The van der Waals surface area contributed by atoms with E-state index in [1.807, 2.05) is 24.3 Å². The molecule has 0 spiro atoms. The van der Waals surface area contributed by atoms with Gasteiger partial charge in [-0.05, 0) is 128 Å². The number of aryl methyl sites for hydroxylation is 2. The largest absolute Gasteiger partial charge is 0.373 e. The van der Waals surface area contributed by atoms with Crippen LogP contribution in [-0.4, -0.2) is 134 Å². The van der Waals surface area contributed by atoms with Crippen molar-refractivity contribution in [1.29, 1.82) is 0 Å². The molecule has 2 aliphatic heterocycles. The number of rotatable bonds is 19. The molecule has 0 bridgehead atoms. The van der Waals surface area contributed by atoms with Crippen molar-refractivity contribution in [2.24, 2.45) is 0 Å². The van der Waals surface area contributed by atoms with E-state index in [9.17, 15) is 28.8 Å². The first-order chi connectivity index (χ1) is 30.8. The molecule has 4 aliphatic rings. The summed E-state index contributed by atoms with van der Waals surface area (Å²) in [5.74, 6) is -2.05. The van der Waals surface area contributed by atoms with Gasteiger partial charge in [0.2, 0.25) is 35.4 Å². The summed E-state index contributed by atoms with van der Waals surface area (Å²) in [6, 6.07) is 11.2. The number of ether oxygens (including phenoxy) is 2. The average Bonchev–Trinajstić information content (AvgIpc) is 4.02. The van der Waals surface area contributed by atoms with Crippen molar-refractivity contribution in [2.75, 3.05) is 40.4 Å². The standard InChI is InChI=1S/C48H70N8O8/c1-29(49-5)43(57)53-41(47(61)55-25-13-23-39(55)45(59)51-37-21-11-17-33-15-7-9-19-35(33)37)31(3)63-27-28-64-32(4)42(54-44(58)30(2)50-6)48(62)56-26-14-24-40(56)46(60)52-38-22-12-18-34-16-8-10-20-36(34)38/h7-10,15-16,19-20,29-32,37-42,49-50H,11-14,17-18,21-28H2,1-6H3,(H,51,59)(H,52,60)(H,53,57)(H,54,58)/t29-,30-,31+,32+,37+,38?,39-,40-,41-,42-/m0/s1. The Hall–Kier alpha value is -4.90. The number of nitrogens with one attached hydrogen (secondary N) is 6. The lowest BCUT2D eigenvalue weighted by Crippen LogP contribution is -2.59. The molecule has 1 unspecified atom stereocenters. The molecule has 64 heavy (non-hydrogen) atoms. The third-order valence-corrected chi connectivity index (χ3v) is 13.6. The van der Waals surface area contributed by atoms with Gasteiger partial charge in [-0.2, -0.15) is 0 Å². The molecular formula is C48H70N8O8. The van der Waals surface area contributed by atoms with Crippen molar-refractivity contribution in [3.05, 3.63) is 70.8 Å². The number of benzene rings is 2. The van der Waals surface area contributed by atoms with E-state index < -0.39 is 72.1 Å². The summed E-state index contributed by atoms with van der Waals surface area (Å²) in [4.78, 5) is 86.0. The van der Waals surface area contributed by atoms with Gasteiger partial charge < -0.3 is 51.2 Å². The van der Waals surface area contributed by atoms with E-state index >= 15 is 0 Å². The predicted molar refractivity (Wildman–Crippen MR) is 242 cm³/mol. The van der Waals surface area contributed by atoms with E-state index in [1.165, 1.54) is 11.1 Å². The first kappa shape index (κ1) is 48.6. The van der Waals surface area contributed by atoms with Gasteiger partial charge >= 0.3 is 0 Å². The van der Waals surface area contributed by atoms with Crippen LogP contribution in [0.2, 0.25) is 0 Å². The number of fused-ring (bicyclic) bond motifs is 2. The highest BCUT2D eigenvalue weighted by Crippen LogP contribution is 2.32. The van der Waals surface area contributed by atoms with Crippen molar-refractivity contribution >= 4 is 35.4 Å². The monoisotopic (exact) mass is 887 g/mol. The summed E-state index contributed by atoms with van der Waals surface area (Å²) >= 11 is 0. The highest BCUT2D eigenvalue weighted by molar-refractivity contribution is 5.95. The summed E-state index contributed by atoms with van der Waals surface area (Å²) in [5.41, 5.74) is 4.66. The average molecular weight is 887 g/mol. The first-order valence-electron chi connectivity index (χ1n) is 23.4. The van der Waals surface area contributed by atoms with Gasteiger partial charge in [-0.15, -0.1) is 0 Å². The molecule has 16 nitrogen and oxygen atoms in total. The predicted octanol–water partition coefficient (Wildman–Crippen LogP) is 2.35. The van der Waals surface area contributed by atoms with Crippen LogP contribution in [0.4, 0.5) is 0 Å². The molecule has 2 aromatic carbocycles. The zero-order chi connectivity index (χ0) is 45.9. The van der Waals surface area contributed by atoms with Crippen molar-refractivity contribution in [3.63, 3.8) is 0 Å². The van der Waals surface area contributed by atoms with Gasteiger partial charge in [0.25, 0.3) is 0 Å². The van der Waals surface area contributed by atoms with Gasteiger partial charge in [-0.3, -0.25) is 28.8 Å². The maximum atomic E-state index is 14.4. The van der Waals surface area contributed by atoms with E-state index in [0.717, 1.165) is 49.7 Å². The molecular weight excluding hydrogens is 817 g/mol. The number of carbonyl (C=O) groups excluding carboxylic acids is 6. The van der Waals surface area contributed by atoms with Crippen molar-refractivity contribution in [1.82, 2.24) is 41.7 Å².